The van der Waals surface area contributed by atoms with Gasteiger partial charge in [0.2, 0.25) is 0 Å². The van der Waals surface area contributed by atoms with Gasteiger partial charge in [-0.2, -0.15) is 11.3 Å². The van der Waals surface area contributed by atoms with Crippen LogP contribution < -0.4 is 10.1 Å². The van der Waals surface area contributed by atoms with Crippen molar-refractivity contribution in [1.29, 1.82) is 0 Å². The number of thiophene rings is 1. The molecule has 0 bridgehead atoms. The first kappa shape index (κ1) is 11.9. The van der Waals surface area contributed by atoms with E-state index in [1.54, 1.807) is 23.5 Å². The van der Waals surface area contributed by atoms with Crippen LogP contribution in [0.15, 0.2) is 35.0 Å². The molecule has 1 heterocycles. The summed E-state index contributed by atoms with van der Waals surface area (Å²) in [4.78, 5) is 0. The van der Waals surface area contributed by atoms with Crippen LogP contribution in [0.4, 0.5) is 10.1 Å². The summed E-state index contributed by atoms with van der Waals surface area (Å²) in [5.41, 5.74) is 2.19. The molecule has 0 spiro atoms. The van der Waals surface area contributed by atoms with Crippen LogP contribution in [-0.4, -0.2) is 13.7 Å². The van der Waals surface area contributed by atoms with Crippen molar-refractivity contribution in [3.05, 3.63) is 46.4 Å². The molecule has 2 rings (SSSR count). The first-order valence-electron chi connectivity index (χ1n) is 5.38. The van der Waals surface area contributed by atoms with Crippen LogP contribution in [-0.2, 0) is 6.42 Å². The van der Waals surface area contributed by atoms with Crippen molar-refractivity contribution in [3.63, 3.8) is 0 Å². The van der Waals surface area contributed by atoms with Gasteiger partial charge in [-0.3, -0.25) is 0 Å². The largest absolute Gasteiger partial charge is 0.494 e. The Morgan fingerprint density at radius 2 is 2.24 bits per heavy atom. The predicted octanol–water partition coefficient (Wildman–Crippen LogP) is 3.55. The highest BCUT2D eigenvalue weighted by Crippen LogP contribution is 2.21. The summed E-state index contributed by atoms with van der Waals surface area (Å²) in [7, 11) is 1.47. The van der Waals surface area contributed by atoms with Gasteiger partial charge >= 0.3 is 0 Å². The van der Waals surface area contributed by atoms with Crippen molar-refractivity contribution >= 4 is 17.0 Å². The Morgan fingerprint density at radius 3 is 2.94 bits per heavy atom. The van der Waals surface area contributed by atoms with Crippen molar-refractivity contribution in [2.24, 2.45) is 0 Å². The van der Waals surface area contributed by atoms with Crippen molar-refractivity contribution in [2.45, 2.75) is 6.42 Å². The van der Waals surface area contributed by atoms with E-state index in [1.165, 1.54) is 18.7 Å². The van der Waals surface area contributed by atoms with E-state index in [9.17, 15) is 4.39 Å². The zero-order valence-corrected chi connectivity index (χ0v) is 10.4. The van der Waals surface area contributed by atoms with Gasteiger partial charge in [-0.15, -0.1) is 0 Å². The maximum Gasteiger partial charge on any atom is 0.165 e. The minimum absolute atomic E-state index is 0.269. The number of hydrogen-bond donors (Lipinski definition) is 1. The third-order valence-electron chi connectivity index (χ3n) is 2.47. The number of anilines is 1. The molecule has 0 aliphatic carbocycles. The molecule has 4 heteroatoms. The van der Waals surface area contributed by atoms with Gasteiger partial charge in [0, 0.05) is 18.3 Å². The average molecular weight is 251 g/mol. The quantitative estimate of drug-likeness (QED) is 0.877. The second kappa shape index (κ2) is 5.68. The molecule has 0 saturated heterocycles. The third kappa shape index (κ3) is 3.20. The van der Waals surface area contributed by atoms with Crippen LogP contribution in [0.2, 0.25) is 0 Å². The molecule has 90 valence electrons. The molecule has 1 aromatic heterocycles. The lowest BCUT2D eigenvalue weighted by Crippen LogP contribution is -2.04. The third-order valence-corrected chi connectivity index (χ3v) is 3.21. The molecule has 0 unspecified atom stereocenters. The second-order valence-electron chi connectivity index (χ2n) is 3.66. The first-order valence-corrected chi connectivity index (χ1v) is 6.32. The summed E-state index contributed by atoms with van der Waals surface area (Å²) < 4.78 is 18.1. The zero-order chi connectivity index (χ0) is 12.1. The summed E-state index contributed by atoms with van der Waals surface area (Å²) in [5.74, 6) is -0.0681. The molecule has 0 atom stereocenters. The van der Waals surface area contributed by atoms with Gasteiger partial charge in [0.1, 0.15) is 0 Å². The lowest BCUT2D eigenvalue weighted by molar-refractivity contribution is 0.387. The summed E-state index contributed by atoms with van der Waals surface area (Å²) in [5, 5.41) is 7.44. The molecule has 0 fully saturated rings. The molecule has 0 amide bonds. The minimum atomic E-state index is -0.337. The van der Waals surface area contributed by atoms with Crippen LogP contribution in [0.3, 0.4) is 0 Å². The molecular weight excluding hydrogens is 237 g/mol. The van der Waals surface area contributed by atoms with Gasteiger partial charge in [-0.1, -0.05) is 0 Å². The van der Waals surface area contributed by atoms with E-state index in [-0.39, 0.29) is 11.6 Å². The van der Waals surface area contributed by atoms with E-state index in [4.69, 9.17) is 4.74 Å². The Bertz CT molecular complexity index is 470. The Labute approximate surface area is 104 Å². The molecular formula is C13H14FNOS. The number of ether oxygens (including phenoxy) is 1. The molecule has 0 saturated carbocycles. The van der Waals surface area contributed by atoms with E-state index in [0.29, 0.717) is 0 Å². The van der Waals surface area contributed by atoms with E-state index in [0.717, 1.165) is 18.7 Å². The minimum Gasteiger partial charge on any atom is -0.494 e. The Balaban J connectivity index is 1.90. The number of benzene rings is 1. The van der Waals surface area contributed by atoms with Crippen LogP contribution in [0.25, 0.3) is 0 Å². The number of rotatable bonds is 5. The maximum absolute atomic E-state index is 13.2. The van der Waals surface area contributed by atoms with E-state index >= 15 is 0 Å². The smallest absolute Gasteiger partial charge is 0.165 e. The van der Waals surface area contributed by atoms with E-state index in [2.05, 4.69) is 22.1 Å². The van der Waals surface area contributed by atoms with Crippen molar-refractivity contribution in [1.82, 2.24) is 0 Å². The lowest BCUT2D eigenvalue weighted by Gasteiger charge is -2.08. The number of methoxy groups -OCH3 is 1. The van der Waals surface area contributed by atoms with Gasteiger partial charge in [0.05, 0.1) is 7.11 Å². The van der Waals surface area contributed by atoms with Gasteiger partial charge in [0.15, 0.2) is 11.6 Å². The van der Waals surface area contributed by atoms with E-state index < -0.39 is 0 Å². The van der Waals surface area contributed by atoms with Crippen LogP contribution in [0.5, 0.6) is 5.75 Å². The topological polar surface area (TPSA) is 21.3 Å². The highest BCUT2D eigenvalue weighted by molar-refractivity contribution is 7.07. The van der Waals surface area contributed by atoms with Crippen LogP contribution in [0, 0.1) is 5.82 Å². The summed E-state index contributed by atoms with van der Waals surface area (Å²) in [6.45, 7) is 0.825. The standard InChI is InChI=1S/C13H14FNOS/c1-16-13-8-11(2-3-12(13)14)15-6-4-10-5-7-17-9-10/h2-3,5,7-9,15H,4,6H2,1H3. The SMILES string of the molecule is COc1cc(NCCc2ccsc2)ccc1F. The van der Waals surface area contributed by atoms with Crippen molar-refractivity contribution in [3.8, 4) is 5.75 Å². The number of hydrogen-bond acceptors (Lipinski definition) is 3. The fourth-order valence-electron chi connectivity index (χ4n) is 1.56. The number of nitrogens with one attached hydrogen (secondary N) is 1. The molecule has 0 aliphatic rings. The Hall–Kier alpha value is -1.55. The van der Waals surface area contributed by atoms with Gasteiger partial charge in [-0.25, -0.2) is 4.39 Å². The fraction of sp³-hybridized carbons (Fsp3) is 0.231. The van der Waals surface area contributed by atoms with Crippen molar-refractivity contribution < 1.29 is 9.13 Å². The molecule has 17 heavy (non-hydrogen) atoms. The van der Waals surface area contributed by atoms with Gasteiger partial charge in [0.25, 0.3) is 0 Å². The molecule has 2 nitrogen and oxygen atoms in total. The Morgan fingerprint density at radius 1 is 1.35 bits per heavy atom. The normalized spacial score (nSPS) is 10.2. The fourth-order valence-corrected chi connectivity index (χ4v) is 2.26. The summed E-state index contributed by atoms with van der Waals surface area (Å²) >= 11 is 1.70. The molecule has 1 N–H and O–H groups in total. The van der Waals surface area contributed by atoms with Crippen LogP contribution in [0.1, 0.15) is 5.56 Å². The predicted molar refractivity (Wildman–Crippen MR) is 69.5 cm³/mol. The summed E-state index contributed by atoms with van der Waals surface area (Å²) in [6, 6.07) is 6.90. The number of halogens is 1. The Kier molecular flexibility index (Phi) is 3.98. The van der Waals surface area contributed by atoms with Crippen molar-refractivity contribution in [2.75, 3.05) is 19.0 Å². The lowest BCUT2D eigenvalue weighted by atomic mass is 10.2. The maximum atomic E-state index is 13.2. The molecule has 2 aromatic rings. The molecule has 0 radical (unpaired) electrons. The molecule has 0 aliphatic heterocycles. The zero-order valence-electron chi connectivity index (χ0n) is 9.57. The van der Waals surface area contributed by atoms with Gasteiger partial charge in [-0.05, 0) is 40.9 Å². The second-order valence-corrected chi connectivity index (χ2v) is 4.44. The monoisotopic (exact) mass is 251 g/mol. The average Bonchev–Trinajstić information content (AvgIpc) is 2.84. The van der Waals surface area contributed by atoms with E-state index in [1.807, 2.05) is 0 Å². The summed E-state index contributed by atoms with van der Waals surface area (Å²) in [6.07, 6.45) is 0.961. The highest BCUT2D eigenvalue weighted by atomic mass is 32.1. The van der Waals surface area contributed by atoms with Gasteiger partial charge < -0.3 is 10.1 Å². The molecule has 1 aromatic carbocycles. The first-order chi connectivity index (χ1) is 8.29. The van der Waals surface area contributed by atoms with Crippen LogP contribution >= 0.6 is 11.3 Å². The highest BCUT2D eigenvalue weighted by Gasteiger charge is 2.02.